The zero-order valence-electron chi connectivity index (χ0n) is 7.93. The fourth-order valence-electron chi connectivity index (χ4n) is 1.52. The van der Waals surface area contributed by atoms with Gasteiger partial charge in [0.25, 0.3) is 0 Å². The van der Waals surface area contributed by atoms with Crippen LogP contribution < -0.4 is 0 Å². The molecule has 0 bridgehead atoms. The molecule has 3 heteroatoms. The summed E-state index contributed by atoms with van der Waals surface area (Å²) in [5, 5.41) is 9.47. The topological polar surface area (TPSA) is 20.2 Å². The highest BCUT2D eigenvalue weighted by atomic mass is 32.2. The molecule has 76 valence electrons. The maximum atomic E-state index is 9.02. The normalized spacial score (nSPS) is 26.6. The van der Waals surface area contributed by atoms with Gasteiger partial charge >= 0.3 is 0 Å². The Balaban J connectivity index is 1.88. The lowest BCUT2D eigenvalue weighted by Gasteiger charge is -2.08. The third-order valence-corrected chi connectivity index (χ3v) is 5.52. The second-order valence-electron chi connectivity index (χ2n) is 3.39. The summed E-state index contributed by atoms with van der Waals surface area (Å²) in [6.45, 7) is 0.322. The Morgan fingerprint density at radius 3 is 2.71 bits per heavy atom. The molecular weight excluding hydrogens is 212 g/mol. The molecule has 1 aromatic rings. The van der Waals surface area contributed by atoms with Gasteiger partial charge in [0.15, 0.2) is 0 Å². The SMILES string of the molecule is OCC1CSC(Cc2ccccc2)S1. The molecule has 1 aromatic carbocycles. The molecule has 0 aliphatic carbocycles. The van der Waals surface area contributed by atoms with Crippen molar-refractivity contribution in [2.45, 2.75) is 16.3 Å². The molecule has 1 fully saturated rings. The van der Waals surface area contributed by atoms with Crippen LogP contribution in [0.1, 0.15) is 5.56 Å². The monoisotopic (exact) mass is 226 g/mol. The van der Waals surface area contributed by atoms with E-state index < -0.39 is 0 Å². The second kappa shape index (κ2) is 5.10. The van der Waals surface area contributed by atoms with E-state index in [4.69, 9.17) is 5.11 Å². The number of rotatable bonds is 3. The van der Waals surface area contributed by atoms with Crippen molar-refractivity contribution in [1.82, 2.24) is 0 Å². The molecule has 0 radical (unpaired) electrons. The van der Waals surface area contributed by atoms with Gasteiger partial charge < -0.3 is 5.11 Å². The standard InChI is InChI=1S/C11H14OS2/c12-7-10-8-13-11(14-10)6-9-4-2-1-3-5-9/h1-5,10-12H,6-8H2. The zero-order chi connectivity index (χ0) is 9.80. The Hall–Kier alpha value is -0.120. The lowest BCUT2D eigenvalue weighted by atomic mass is 10.2. The van der Waals surface area contributed by atoms with Gasteiger partial charge in [-0.3, -0.25) is 0 Å². The third-order valence-electron chi connectivity index (χ3n) is 2.26. The fraction of sp³-hybridized carbons (Fsp3) is 0.455. The summed E-state index contributed by atoms with van der Waals surface area (Å²) >= 11 is 3.89. The largest absolute Gasteiger partial charge is 0.395 e. The molecule has 0 spiro atoms. The minimum atomic E-state index is 0.322. The van der Waals surface area contributed by atoms with E-state index >= 15 is 0 Å². The van der Waals surface area contributed by atoms with Crippen molar-refractivity contribution in [2.24, 2.45) is 0 Å². The Morgan fingerprint density at radius 1 is 1.29 bits per heavy atom. The number of aliphatic hydroxyl groups excluding tert-OH is 1. The summed E-state index contributed by atoms with van der Waals surface area (Å²) in [6.07, 6.45) is 1.12. The third kappa shape index (κ3) is 2.69. The Morgan fingerprint density at radius 2 is 2.07 bits per heavy atom. The van der Waals surface area contributed by atoms with E-state index in [-0.39, 0.29) is 0 Å². The van der Waals surface area contributed by atoms with E-state index in [0.29, 0.717) is 16.4 Å². The Bertz CT molecular complexity index is 276. The highest BCUT2D eigenvalue weighted by Gasteiger charge is 2.25. The van der Waals surface area contributed by atoms with Crippen molar-refractivity contribution in [1.29, 1.82) is 0 Å². The average molecular weight is 226 g/mol. The molecule has 1 aliphatic rings. The fourth-order valence-corrected chi connectivity index (χ4v) is 4.74. The summed E-state index contributed by atoms with van der Waals surface area (Å²) in [6, 6.07) is 10.6. The van der Waals surface area contributed by atoms with Gasteiger partial charge in [-0.25, -0.2) is 0 Å². The lowest BCUT2D eigenvalue weighted by Crippen LogP contribution is -2.06. The molecular formula is C11H14OS2. The summed E-state index contributed by atoms with van der Waals surface area (Å²) in [4.78, 5) is 0. The van der Waals surface area contributed by atoms with Gasteiger partial charge in [-0.15, -0.1) is 23.5 Å². The maximum Gasteiger partial charge on any atom is 0.0558 e. The highest BCUT2D eigenvalue weighted by Crippen LogP contribution is 2.39. The number of thioether (sulfide) groups is 2. The van der Waals surface area contributed by atoms with Crippen LogP contribution >= 0.6 is 23.5 Å². The van der Waals surface area contributed by atoms with Crippen molar-refractivity contribution in [3.63, 3.8) is 0 Å². The molecule has 2 rings (SSSR count). The number of hydrogen-bond donors (Lipinski definition) is 1. The molecule has 14 heavy (non-hydrogen) atoms. The molecule has 2 unspecified atom stereocenters. The zero-order valence-corrected chi connectivity index (χ0v) is 9.56. The van der Waals surface area contributed by atoms with Crippen LogP contribution in [0.5, 0.6) is 0 Å². The average Bonchev–Trinajstić information content (AvgIpc) is 2.67. The minimum absolute atomic E-state index is 0.322. The van der Waals surface area contributed by atoms with Crippen molar-refractivity contribution < 1.29 is 5.11 Å². The van der Waals surface area contributed by atoms with Crippen LogP contribution in [-0.4, -0.2) is 27.3 Å². The summed E-state index contributed by atoms with van der Waals surface area (Å²) in [7, 11) is 0. The maximum absolute atomic E-state index is 9.02. The number of benzene rings is 1. The van der Waals surface area contributed by atoms with Crippen molar-refractivity contribution >= 4 is 23.5 Å². The van der Waals surface area contributed by atoms with Gasteiger partial charge in [0, 0.05) is 11.0 Å². The number of aliphatic hydroxyl groups is 1. The van der Waals surface area contributed by atoms with E-state index in [9.17, 15) is 0 Å². The lowest BCUT2D eigenvalue weighted by molar-refractivity contribution is 0.301. The van der Waals surface area contributed by atoms with E-state index in [1.807, 2.05) is 23.5 Å². The first-order valence-corrected chi connectivity index (χ1v) is 6.79. The van der Waals surface area contributed by atoms with Crippen LogP contribution in [-0.2, 0) is 6.42 Å². The summed E-state index contributed by atoms with van der Waals surface area (Å²) < 4.78 is 0.634. The minimum Gasteiger partial charge on any atom is -0.395 e. The van der Waals surface area contributed by atoms with Gasteiger partial charge in [-0.2, -0.15) is 0 Å². The van der Waals surface area contributed by atoms with Crippen LogP contribution in [0.4, 0.5) is 0 Å². The molecule has 1 aliphatic heterocycles. The molecule has 0 saturated carbocycles. The first-order chi connectivity index (χ1) is 6.88. The summed E-state index contributed by atoms with van der Waals surface area (Å²) in [5.41, 5.74) is 1.40. The van der Waals surface area contributed by atoms with Gasteiger partial charge in [0.05, 0.1) is 11.2 Å². The van der Waals surface area contributed by atoms with Crippen LogP contribution in [0, 0.1) is 0 Å². The molecule has 2 atom stereocenters. The van der Waals surface area contributed by atoms with E-state index in [0.717, 1.165) is 12.2 Å². The molecule has 0 aromatic heterocycles. The highest BCUT2D eigenvalue weighted by molar-refractivity contribution is 8.20. The predicted molar refractivity (Wildman–Crippen MR) is 64.9 cm³/mol. The second-order valence-corrected chi connectivity index (χ2v) is 6.44. The first kappa shape index (κ1) is 10.4. The first-order valence-electron chi connectivity index (χ1n) is 4.80. The van der Waals surface area contributed by atoms with Crippen molar-refractivity contribution in [3.05, 3.63) is 35.9 Å². The van der Waals surface area contributed by atoms with E-state index in [1.54, 1.807) is 0 Å². The smallest absolute Gasteiger partial charge is 0.0558 e. The molecule has 1 saturated heterocycles. The van der Waals surface area contributed by atoms with Gasteiger partial charge in [0.2, 0.25) is 0 Å². The van der Waals surface area contributed by atoms with Gasteiger partial charge in [0.1, 0.15) is 0 Å². The van der Waals surface area contributed by atoms with Crippen molar-refractivity contribution in [3.8, 4) is 0 Å². The van der Waals surface area contributed by atoms with Crippen LogP contribution in [0.2, 0.25) is 0 Å². The molecule has 1 nitrogen and oxygen atoms in total. The molecule has 0 amide bonds. The van der Waals surface area contributed by atoms with Crippen LogP contribution in [0.3, 0.4) is 0 Å². The van der Waals surface area contributed by atoms with Crippen LogP contribution in [0.25, 0.3) is 0 Å². The van der Waals surface area contributed by atoms with Crippen molar-refractivity contribution in [2.75, 3.05) is 12.4 Å². The summed E-state index contributed by atoms with van der Waals surface area (Å²) in [5.74, 6) is 1.10. The quantitative estimate of drug-likeness (QED) is 0.854. The van der Waals surface area contributed by atoms with Gasteiger partial charge in [-0.1, -0.05) is 30.3 Å². The predicted octanol–water partition coefficient (Wildman–Crippen LogP) is 2.40. The Kier molecular flexibility index (Phi) is 3.79. The Labute approximate surface area is 93.3 Å². The molecule has 1 heterocycles. The van der Waals surface area contributed by atoms with E-state index in [1.165, 1.54) is 5.56 Å². The van der Waals surface area contributed by atoms with Crippen LogP contribution in [0.15, 0.2) is 30.3 Å². The van der Waals surface area contributed by atoms with E-state index in [2.05, 4.69) is 30.3 Å². The number of hydrogen-bond acceptors (Lipinski definition) is 3. The molecule has 1 N–H and O–H groups in total. The van der Waals surface area contributed by atoms with Gasteiger partial charge in [-0.05, 0) is 12.0 Å².